The van der Waals surface area contributed by atoms with Gasteiger partial charge in [0.1, 0.15) is 17.2 Å². The number of ether oxygens (including phenoxy) is 2. The number of aromatic nitrogens is 4. The predicted octanol–water partition coefficient (Wildman–Crippen LogP) is 4.91. The van der Waals surface area contributed by atoms with Crippen molar-refractivity contribution in [2.75, 3.05) is 19.5 Å². The molecule has 142 valence electrons. The van der Waals surface area contributed by atoms with Gasteiger partial charge in [-0.3, -0.25) is 0 Å². The summed E-state index contributed by atoms with van der Waals surface area (Å²) in [5.41, 5.74) is 3.45. The molecule has 0 aliphatic carbocycles. The van der Waals surface area contributed by atoms with Crippen LogP contribution in [-0.2, 0) is 0 Å². The third-order valence-corrected chi connectivity index (χ3v) is 5.29. The number of benzene rings is 2. The minimum absolute atomic E-state index is 0.681. The smallest absolute Gasteiger partial charge is 0.187 e. The molecule has 2 aromatic heterocycles. The zero-order chi connectivity index (χ0) is 19.5. The van der Waals surface area contributed by atoms with Gasteiger partial charge in [0.05, 0.1) is 32.3 Å². The van der Waals surface area contributed by atoms with E-state index in [0.29, 0.717) is 5.75 Å². The minimum atomic E-state index is 0.681. The van der Waals surface area contributed by atoms with Gasteiger partial charge in [0, 0.05) is 27.2 Å². The number of rotatable bonds is 6. The molecule has 0 atom stereocenters. The van der Waals surface area contributed by atoms with Crippen molar-refractivity contribution in [3.63, 3.8) is 0 Å². The number of halogens is 1. The van der Waals surface area contributed by atoms with Crippen LogP contribution in [-0.4, -0.2) is 34.2 Å². The van der Waals surface area contributed by atoms with Gasteiger partial charge in [-0.25, -0.2) is 9.67 Å². The molecule has 0 amide bonds. The summed E-state index contributed by atoms with van der Waals surface area (Å²) >= 11 is 5.02. The average Bonchev–Trinajstić information content (AvgIpc) is 3.40. The van der Waals surface area contributed by atoms with Crippen LogP contribution in [0.5, 0.6) is 11.5 Å². The molecule has 0 spiro atoms. The lowest BCUT2D eigenvalue weighted by atomic mass is 10.1. The summed E-state index contributed by atoms with van der Waals surface area (Å²) in [5, 5.41) is 13.9. The molecule has 0 unspecified atom stereocenters. The molecule has 1 N–H and O–H groups in total. The van der Waals surface area contributed by atoms with Gasteiger partial charge in [0.25, 0.3) is 0 Å². The molecule has 0 aliphatic rings. The van der Waals surface area contributed by atoms with Crippen molar-refractivity contribution in [3.8, 4) is 28.4 Å². The van der Waals surface area contributed by atoms with Crippen LogP contribution in [0.3, 0.4) is 0 Å². The highest BCUT2D eigenvalue weighted by atomic mass is 79.9. The Balaban J connectivity index is 1.60. The van der Waals surface area contributed by atoms with E-state index >= 15 is 0 Å². The second-order valence-corrected chi connectivity index (χ2v) is 7.52. The van der Waals surface area contributed by atoms with E-state index in [2.05, 4.69) is 31.6 Å². The van der Waals surface area contributed by atoms with Crippen LogP contribution in [0.1, 0.15) is 0 Å². The molecule has 9 heteroatoms. The Labute approximate surface area is 174 Å². The van der Waals surface area contributed by atoms with Gasteiger partial charge in [-0.15, -0.1) is 16.4 Å². The summed E-state index contributed by atoms with van der Waals surface area (Å²) < 4.78 is 13.6. The highest BCUT2D eigenvalue weighted by Gasteiger charge is 2.12. The van der Waals surface area contributed by atoms with Gasteiger partial charge in [-0.05, 0) is 30.3 Å². The molecule has 0 bridgehead atoms. The van der Waals surface area contributed by atoms with E-state index in [-0.39, 0.29) is 0 Å². The molecule has 28 heavy (non-hydrogen) atoms. The summed E-state index contributed by atoms with van der Waals surface area (Å²) in [6, 6.07) is 11.6. The van der Waals surface area contributed by atoms with Gasteiger partial charge in [0.2, 0.25) is 0 Å². The molecule has 0 saturated carbocycles. The Morgan fingerprint density at radius 2 is 1.93 bits per heavy atom. The number of thiazole rings is 1. The summed E-state index contributed by atoms with van der Waals surface area (Å²) in [7, 11) is 3.28. The topological polar surface area (TPSA) is 74.1 Å². The Morgan fingerprint density at radius 1 is 1.07 bits per heavy atom. The highest BCUT2D eigenvalue weighted by Crippen LogP contribution is 2.35. The number of hydrogen-bond acceptors (Lipinski definition) is 7. The molecule has 0 radical (unpaired) electrons. The molecule has 4 rings (SSSR count). The molecule has 7 nitrogen and oxygen atoms in total. The number of methoxy groups -OCH3 is 2. The van der Waals surface area contributed by atoms with Gasteiger partial charge < -0.3 is 14.8 Å². The van der Waals surface area contributed by atoms with E-state index in [1.807, 2.05) is 41.8 Å². The van der Waals surface area contributed by atoms with Crippen molar-refractivity contribution in [1.82, 2.24) is 20.0 Å². The average molecular weight is 458 g/mol. The maximum absolute atomic E-state index is 5.50. The van der Waals surface area contributed by atoms with E-state index < -0.39 is 0 Å². The van der Waals surface area contributed by atoms with Gasteiger partial charge >= 0.3 is 0 Å². The summed E-state index contributed by atoms with van der Waals surface area (Å²) in [5.74, 6) is 1.46. The van der Waals surface area contributed by atoms with Gasteiger partial charge in [0.15, 0.2) is 5.13 Å². The minimum Gasteiger partial charge on any atom is -0.496 e. The van der Waals surface area contributed by atoms with Crippen molar-refractivity contribution in [2.45, 2.75) is 0 Å². The molecule has 4 aromatic rings. The lowest BCUT2D eigenvalue weighted by Gasteiger charge is -2.10. The Hall–Kier alpha value is -2.91. The third-order valence-electron chi connectivity index (χ3n) is 4.04. The monoisotopic (exact) mass is 457 g/mol. The Morgan fingerprint density at radius 3 is 2.68 bits per heavy atom. The zero-order valence-corrected chi connectivity index (χ0v) is 17.5. The van der Waals surface area contributed by atoms with Crippen LogP contribution in [0.2, 0.25) is 0 Å². The standard InChI is InChI=1S/C19H16BrN5O2S/c1-26-17-6-3-12(20)9-14(17)15-11-28-19(23-15)22-13-4-5-16(18(10-13)27-2)25-8-7-21-24-25/h3-11H,1-2H3,(H,22,23). The fourth-order valence-corrected chi connectivity index (χ4v) is 3.83. The fourth-order valence-electron chi connectivity index (χ4n) is 2.74. The second-order valence-electron chi connectivity index (χ2n) is 5.74. The van der Waals surface area contributed by atoms with Crippen LogP contribution in [0.25, 0.3) is 16.9 Å². The number of hydrogen-bond donors (Lipinski definition) is 1. The van der Waals surface area contributed by atoms with E-state index in [1.54, 1.807) is 31.3 Å². The largest absolute Gasteiger partial charge is 0.496 e. The summed E-state index contributed by atoms with van der Waals surface area (Å²) in [6.07, 6.45) is 3.39. The Kier molecular flexibility index (Phi) is 5.27. The van der Waals surface area contributed by atoms with Crippen molar-refractivity contribution >= 4 is 38.1 Å². The normalized spacial score (nSPS) is 10.7. The van der Waals surface area contributed by atoms with Crippen molar-refractivity contribution in [3.05, 3.63) is 58.6 Å². The Bertz CT molecular complexity index is 1100. The maximum atomic E-state index is 5.50. The van der Waals surface area contributed by atoms with Crippen molar-refractivity contribution in [2.24, 2.45) is 0 Å². The van der Waals surface area contributed by atoms with Crippen LogP contribution in [0.15, 0.2) is 58.6 Å². The molecular formula is C19H16BrN5O2S. The lowest BCUT2D eigenvalue weighted by Crippen LogP contribution is -2.00. The van der Waals surface area contributed by atoms with E-state index in [0.717, 1.165) is 38.0 Å². The quantitative estimate of drug-likeness (QED) is 0.443. The SMILES string of the molecule is COc1ccc(Br)cc1-c1csc(Nc2ccc(-n3ccnn3)c(OC)c2)n1. The first-order chi connectivity index (χ1) is 13.7. The molecule has 2 aromatic carbocycles. The highest BCUT2D eigenvalue weighted by molar-refractivity contribution is 9.10. The summed E-state index contributed by atoms with van der Waals surface area (Å²) in [4.78, 5) is 4.69. The lowest BCUT2D eigenvalue weighted by molar-refractivity contribution is 0.411. The van der Waals surface area contributed by atoms with E-state index in [1.165, 1.54) is 11.3 Å². The number of nitrogens with one attached hydrogen (secondary N) is 1. The molecule has 0 fully saturated rings. The first-order valence-electron chi connectivity index (χ1n) is 8.29. The third kappa shape index (κ3) is 3.71. The van der Waals surface area contributed by atoms with Crippen LogP contribution >= 0.6 is 27.3 Å². The van der Waals surface area contributed by atoms with Crippen LogP contribution in [0.4, 0.5) is 10.8 Å². The zero-order valence-electron chi connectivity index (χ0n) is 15.1. The van der Waals surface area contributed by atoms with E-state index in [9.17, 15) is 0 Å². The maximum Gasteiger partial charge on any atom is 0.187 e. The van der Waals surface area contributed by atoms with Gasteiger partial charge in [-0.1, -0.05) is 21.1 Å². The number of nitrogens with zero attached hydrogens (tertiary/aromatic N) is 4. The van der Waals surface area contributed by atoms with Gasteiger partial charge in [-0.2, -0.15) is 0 Å². The van der Waals surface area contributed by atoms with Crippen molar-refractivity contribution < 1.29 is 9.47 Å². The fraction of sp³-hybridized carbons (Fsp3) is 0.105. The molecule has 2 heterocycles. The van der Waals surface area contributed by atoms with E-state index in [4.69, 9.17) is 14.5 Å². The first-order valence-corrected chi connectivity index (χ1v) is 9.96. The first kappa shape index (κ1) is 18.5. The number of anilines is 2. The molecule has 0 aliphatic heterocycles. The second kappa shape index (κ2) is 7.99. The molecular weight excluding hydrogens is 442 g/mol. The molecule has 0 saturated heterocycles. The van der Waals surface area contributed by atoms with Crippen molar-refractivity contribution in [1.29, 1.82) is 0 Å². The predicted molar refractivity (Wildman–Crippen MR) is 113 cm³/mol. The summed E-state index contributed by atoms with van der Waals surface area (Å²) in [6.45, 7) is 0. The van der Waals surface area contributed by atoms with Crippen LogP contribution < -0.4 is 14.8 Å². The van der Waals surface area contributed by atoms with Crippen LogP contribution in [0, 0.1) is 0 Å².